The van der Waals surface area contributed by atoms with Crippen molar-refractivity contribution in [2.45, 2.75) is 12.0 Å². The lowest BCUT2D eigenvalue weighted by Gasteiger charge is -2.27. The van der Waals surface area contributed by atoms with Crippen LogP contribution in [0.1, 0.15) is 17.5 Å². The molecule has 0 bridgehead atoms. The molecule has 0 fully saturated rings. The highest BCUT2D eigenvalue weighted by Crippen LogP contribution is 2.41. The van der Waals surface area contributed by atoms with Gasteiger partial charge in [0.05, 0.1) is 13.5 Å². The van der Waals surface area contributed by atoms with Crippen LogP contribution in [0.25, 0.3) is 0 Å². The van der Waals surface area contributed by atoms with E-state index in [9.17, 15) is 4.79 Å². The monoisotopic (exact) mass is 281 g/mol. The summed E-state index contributed by atoms with van der Waals surface area (Å²) in [6.45, 7) is 0. The van der Waals surface area contributed by atoms with E-state index in [2.05, 4.69) is 5.16 Å². The molecule has 0 atom stereocenters. The summed E-state index contributed by atoms with van der Waals surface area (Å²) in [5.74, 6) is -0.455. The Morgan fingerprint density at radius 3 is 2.05 bits per heavy atom. The number of hydrogen-bond donors (Lipinski definition) is 0. The zero-order chi connectivity index (χ0) is 14.7. The zero-order valence-corrected chi connectivity index (χ0v) is 11.7. The molecule has 0 aromatic heterocycles. The average molecular weight is 281 g/mol. The zero-order valence-electron chi connectivity index (χ0n) is 11.7. The predicted octanol–water partition coefficient (Wildman–Crippen LogP) is 2.88. The van der Waals surface area contributed by atoms with Gasteiger partial charge in [-0.25, -0.2) is 4.79 Å². The molecule has 3 rings (SSSR count). The number of carbonyl (C=O) groups excluding carboxylic acids is 1. The smallest absolute Gasteiger partial charge is 0.356 e. The van der Waals surface area contributed by atoms with Gasteiger partial charge in [-0.3, -0.25) is 0 Å². The van der Waals surface area contributed by atoms with Gasteiger partial charge in [-0.2, -0.15) is 0 Å². The lowest BCUT2D eigenvalue weighted by molar-refractivity contribution is -0.132. The van der Waals surface area contributed by atoms with E-state index in [4.69, 9.17) is 9.57 Å². The maximum Gasteiger partial charge on any atom is 0.356 e. The van der Waals surface area contributed by atoms with E-state index in [1.807, 2.05) is 60.7 Å². The molecule has 0 amide bonds. The van der Waals surface area contributed by atoms with Gasteiger partial charge >= 0.3 is 5.97 Å². The first-order valence-corrected chi connectivity index (χ1v) is 6.71. The van der Waals surface area contributed by atoms with Crippen LogP contribution in [0, 0.1) is 0 Å². The van der Waals surface area contributed by atoms with Gasteiger partial charge in [0.1, 0.15) is 0 Å². The Balaban J connectivity index is 2.05. The third-order valence-electron chi connectivity index (χ3n) is 3.63. The minimum atomic E-state index is -0.772. The van der Waals surface area contributed by atoms with E-state index in [1.165, 1.54) is 7.11 Å². The van der Waals surface area contributed by atoms with Crippen LogP contribution in [-0.4, -0.2) is 18.8 Å². The Bertz CT molecular complexity index is 625. The van der Waals surface area contributed by atoms with Gasteiger partial charge in [-0.1, -0.05) is 65.8 Å². The van der Waals surface area contributed by atoms with Crippen molar-refractivity contribution < 1.29 is 14.4 Å². The number of ether oxygens (including phenoxy) is 1. The Labute approximate surface area is 123 Å². The summed E-state index contributed by atoms with van der Waals surface area (Å²) in [6, 6.07) is 19.6. The van der Waals surface area contributed by atoms with Gasteiger partial charge in [0.25, 0.3) is 0 Å². The highest BCUT2D eigenvalue weighted by molar-refractivity contribution is 6.36. The number of nitrogens with zero attached hydrogens (tertiary/aromatic N) is 1. The summed E-state index contributed by atoms with van der Waals surface area (Å²) in [7, 11) is 1.34. The van der Waals surface area contributed by atoms with Crippen molar-refractivity contribution in [3.63, 3.8) is 0 Å². The summed E-state index contributed by atoms with van der Waals surface area (Å²) in [4.78, 5) is 17.5. The Hall–Kier alpha value is -2.62. The van der Waals surface area contributed by atoms with Gasteiger partial charge in [-0.15, -0.1) is 0 Å². The van der Waals surface area contributed by atoms with Gasteiger partial charge in [-0.05, 0) is 0 Å². The topological polar surface area (TPSA) is 47.9 Å². The van der Waals surface area contributed by atoms with Crippen molar-refractivity contribution in [3.05, 3.63) is 71.8 Å². The predicted molar refractivity (Wildman–Crippen MR) is 78.8 cm³/mol. The van der Waals surface area contributed by atoms with Gasteiger partial charge in [0, 0.05) is 11.1 Å². The number of hydrogen-bond acceptors (Lipinski definition) is 4. The van der Waals surface area contributed by atoms with Crippen LogP contribution in [0.3, 0.4) is 0 Å². The highest BCUT2D eigenvalue weighted by atomic mass is 16.7. The van der Waals surface area contributed by atoms with Crippen molar-refractivity contribution in [2.75, 3.05) is 7.11 Å². The molecule has 0 radical (unpaired) electrons. The number of esters is 1. The number of carbonyl (C=O) groups is 1. The lowest BCUT2D eigenvalue weighted by atomic mass is 9.82. The number of rotatable bonds is 3. The molecule has 106 valence electrons. The first-order chi connectivity index (χ1) is 10.3. The molecule has 0 saturated carbocycles. The number of oxime groups is 1. The molecular formula is C17H15NO3. The quantitative estimate of drug-likeness (QED) is 0.813. The Kier molecular flexibility index (Phi) is 3.44. The molecule has 0 spiro atoms. The van der Waals surface area contributed by atoms with Crippen molar-refractivity contribution in [2.24, 2.45) is 5.16 Å². The fourth-order valence-corrected chi connectivity index (χ4v) is 2.55. The lowest BCUT2D eigenvalue weighted by Crippen LogP contribution is -2.29. The largest absolute Gasteiger partial charge is 0.464 e. The maximum absolute atomic E-state index is 11.7. The summed E-state index contributed by atoms with van der Waals surface area (Å²) in [5, 5.41) is 3.95. The van der Waals surface area contributed by atoms with E-state index < -0.39 is 11.6 Å². The molecule has 2 aromatic carbocycles. The second-order valence-electron chi connectivity index (χ2n) is 4.86. The molecule has 1 aliphatic heterocycles. The second kappa shape index (κ2) is 5.40. The SMILES string of the molecule is COC(=O)C1=NOC(c2ccccc2)(c2ccccc2)C1. The van der Waals surface area contributed by atoms with E-state index >= 15 is 0 Å². The fraction of sp³-hybridized carbons (Fsp3) is 0.176. The fourth-order valence-electron chi connectivity index (χ4n) is 2.55. The van der Waals surface area contributed by atoms with Crippen LogP contribution in [0.2, 0.25) is 0 Å². The molecule has 4 heteroatoms. The number of benzene rings is 2. The first-order valence-electron chi connectivity index (χ1n) is 6.71. The Morgan fingerprint density at radius 2 is 1.57 bits per heavy atom. The number of methoxy groups -OCH3 is 1. The maximum atomic E-state index is 11.7. The molecule has 0 N–H and O–H groups in total. The van der Waals surface area contributed by atoms with Gasteiger partial charge in [0.15, 0.2) is 11.3 Å². The van der Waals surface area contributed by atoms with Crippen LogP contribution < -0.4 is 0 Å². The van der Waals surface area contributed by atoms with E-state index in [-0.39, 0.29) is 0 Å². The first kappa shape index (κ1) is 13.4. The minimum absolute atomic E-state index is 0.296. The van der Waals surface area contributed by atoms with E-state index in [0.717, 1.165) is 11.1 Å². The van der Waals surface area contributed by atoms with Crippen LogP contribution >= 0.6 is 0 Å². The van der Waals surface area contributed by atoms with Crippen LogP contribution in [-0.2, 0) is 20.0 Å². The summed E-state index contributed by atoms with van der Waals surface area (Å²) in [6.07, 6.45) is 0.355. The normalized spacial score (nSPS) is 16.0. The van der Waals surface area contributed by atoms with Crippen molar-refractivity contribution in [1.82, 2.24) is 0 Å². The summed E-state index contributed by atoms with van der Waals surface area (Å²) >= 11 is 0. The molecule has 1 aliphatic rings. The summed E-state index contributed by atoms with van der Waals surface area (Å²) < 4.78 is 4.75. The van der Waals surface area contributed by atoms with Gasteiger partial charge < -0.3 is 9.57 Å². The third kappa shape index (κ3) is 2.29. The molecular weight excluding hydrogens is 266 g/mol. The molecule has 21 heavy (non-hydrogen) atoms. The van der Waals surface area contributed by atoms with E-state index in [1.54, 1.807) is 0 Å². The van der Waals surface area contributed by atoms with Gasteiger partial charge in [0.2, 0.25) is 0 Å². The third-order valence-corrected chi connectivity index (χ3v) is 3.63. The van der Waals surface area contributed by atoms with E-state index in [0.29, 0.717) is 12.1 Å². The standard InChI is InChI=1S/C17H15NO3/c1-20-16(19)15-12-17(21-18-15,13-8-4-2-5-9-13)14-10-6-3-7-11-14/h2-11H,12H2,1H3. The molecule has 0 unspecified atom stereocenters. The van der Waals surface area contributed by atoms with Crippen LogP contribution in [0.5, 0.6) is 0 Å². The minimum Gasteiger partial charge on any atom is -0.464 e. The second-order valence-corrected chi connectivity index (χ2v) is 4.86. The van der Waals surface area contributed by atoms with Crippen LogP contribution in [0.15, 0.2) is 65.8 Å². The molecule has 4 nitrogen and oxygen atoms in total. The van der Waals surface area contributed by atoms with Crippen molar-refractivity contribution in [3.8, 4) is 0 Å². The van der Waals surface area contributed by atoms with Crippen LogP contribution in [0.4, 0.5) is 0 Å². The molecule has 0 saturated heterocycles. The molecule has 1 heterocycles. The summed E-state index contributed by atoms with van der Waals surface area (Å²) in [5.41, 5.74) is 1.44. The van der Waals surface area contributed by atoms with Crippen molar-refractivity contribution >= 4 is 11.7 Å². The molecule has 0 aliphatic carbocycles. The highest BCUT2D eigenvalue weighted by Gasteiger charge is 2.44. The Morgan fingerprint density at radius 1 is 1.05 bits per heavy atom. The average Bonchev–Trinajstić information content (AvgIpc) is 3.02. The molecule has 2 aromatic rings. The van der Waals surface area contributed by atoms with Crippen molar-refractivity contribution in [1.29, 1.82) is 0 Å².